The topological polar surface area (TPSA) is 92.4 Å². The molecule has 0 N–H and O–H groups in total. The minimum Gasteiger partial charge on any atom is -0.497 e. The van der Waals surface area contributed by atoms with Crippen LogP contribution in [0.3, 0.4) is 0 Å². The van der Waals surface area contributed by atoms with Crippen molar-refractivity contribution in [1.29, 1.82) is 0 Å². The van der Waals surface area contributed by atoms with E-state index in [1.165, 1.54) is 6.07 Å². The lowest BCUT2D eigenvalue weighted by Gasteiger charge is -2.16. The van der Waals surface area contributed by atoms with E-state index in [0.717, 1.165) is 53.3 Å². The number of rotatable bonds is 11. The lowest BCUT2D eigenvalue weighted by atomic mass is 10.1. The summed E-state index contributed by atoms with van der Waals surface area (Å²) in [4.78, 5) is 28.5. The van der Waals surface area contributed by atoms with Gasteiger partial charge in [0, 0.05) is 6.54 Å². The van der Waals surface area contributed by atoms with Crippen LogP contribution in [0.15, 0.2) is 74.8 Å². The van der Waals surface area contributed by atoms with E-state index in [1.54, 1.807) is 20.3 Å². The highest BCUT2D eigenvalue weighted by Crippen LogP contribution is 2.32. The number of hydrogen-bond donors (Lipinski definition) is 0. The van der Waals surface area contributed by atoms with E-state index >= 15 is 0 Å². The fourth-order valence-corrected chi connectivity index (χ4v) is 4.61. The van der Waals surface area contributed by atoms with Crippen LogP contribution in [-0.4, -0.2) is 43.5 Å². The highest BCUT2D eigenvalue weighted by molar-refractivity contribution is 5.84. The summed E-state index contributed by atoms with van der Waals surface area (Å²) in [6.45, 7) is 3.40. The molecule has 1 saturated heterocycles. The molecule has 204 valence electrons. The van der Waals surface area contributed by atoms with Crippen LogP contribution in [0.5, 0.6) is 23.0 Å². The first-order chi connectivity index (χ1) is 19.0. The van der Waals surface area contributed by atoms with Crippen LogP contribution in [0.4, 0.5) is 0 Å². The molecule has 1 aliphatic heterocycles. The van der Waals surface area contributed by atoms with Crippen LogP contribution in [0.25, 0.3) is 10.8 Å². The van der Waals surface area contributed by atoms with Gasteiger partial charge in [-0.05, 0) is 73.5 Å². The summed E-state index contributed by atoms with van der Waals surface area (Å²) < 4.78 is 29.2. The molecule has 9 heteroatoms. The van der Waals surface area contributed by atoms with Crippen molar-refractivity contribution in [3.05, 3.63) is 92.6 Å². The van der Waals surface area contributed by atoms with E-state index in [1.807, 2.05) is 48.5 Å². The predicted molar refractivity (Wildman–Crippen MR) is 147 cm³/mol. The quantitative estimate of drug-likeness (QED) is 0.284. The summed E-state index contributed by atoms with van der Waals surface area (Å²) in [6.07, 6.45) is 2.29. The molecule has 39 heavy (non-hydrogen) atoms. The number of likely N-dealkylation sites (tertiary alicyclic amines) is 1. The van der Waals surface area contributed by atoms with Gasteiger partial charge in [-0.15, -0.1) is 0 Å². The number of fused-ring (bicyclic) bond motifs is 1. The van der Waals surface area contributed by atoms with Crippen LogP contribution < -0.4 is 30.1 Å². The third kappa shape index (κ3) is 6.26. The second-order valence-electron chi connectivity index (χ2n) is 9.45. The SMILES string of the molecule is COc1ccc(COc2cc3c(=O)on(CCN4CCCC4)c(=O)c3cc2OCc2ccc(OC)cc2)cc1. The molecular weight excluding hydrogens is 500 g/mol. The summed E-state index contributed by atoms with van der Waals surface area (Å²) in [5.41, 5.74) is 0.843. The van der Waals surface area contributed by atoms with Crippen molar-refractivity contribution in [2.45, 2.75) is 32.6 Å². The van der Waals surface area contributed by atoms with Gasteiger partial charge in [-0.1, -0.05) is 24.3 Å². The molecule has 3 aromatic carbocycles. The van der Waals surface area contributed by atoms with Crippen molar-refractivity contribution in [1.82, 2.24) is 9.64 Å². The first-order valence-electron chi connectivity index (χ1n) is 13.0. The average molecular weight is 533 g/mol. The van der Waals surface area contributed by atoms with Crippen LogP contribution in [0.2, 0.25) is 0 Å². The lowest BCUT2D eigenvalue weighted by Crippen LogP contribution is -2.31. The van der Waals surface area contributed by atoms with Gasteiger partial charge in [-0.2, -0.15) is 4.74 Å². The number of aromatic nitrogens is 1. The average Bonchev–Trinajstić information content (AvgIpc) is 3.50. The second-order valence-corrected chi connectivity index (χ2v) is 9.45. The summed E-state index contributed by atoms with van der Waals surface area (Å²) in [5, 5.41) is 0.383. The number of nitrogens with zero attached hydrogens (tertiary/aromatic N) is 2. The minimum absolute atomic E-state index is 0.152. The molecule has 0 unspecified atom stereocenters. The Bertz CT molecular complexity index is 1520. The smallest absolute Gasteiger partial charge is 0.364 e. The zero-order chi connectivity index (χ0) is 27.2. The van der Waals surface area contributed by atoms with Crippen molar-refractivity contribution < 1.29 is 23.5 Å². The van der Waals surface area contributed by atoms with E-state index in [0.29, 0.717) is 24.6 Å². The Morgan fingerprint density at radius 1 is 0.718 bits per heavy atom. The van der Waals surface area contributed by atoms with Crippen molar-refractivity contribution in [2.24, 2.45) is 0 Å². The van der Waals surface area contributed by atoms with Crippen molar-refractivity contribution in [2.75, 3.05) is 33.9 Å². The maximum Gasteiger partial charge on any atom is 0.364 e. The molecule has 1 aromatic heterocycles. The molecule has 0 atom stereocenters. The molecule has 0 saturated carbocycles. The van der Waals surface area contributed by atoms with Crippen LogP contribution in [0.1, 0.15) is 24.0 Å². The Balaban J connectivity index is 1.45. The monoisotopic (exact) mass is 532 g/mol. The van der Waals surface area contributed by atoms with E-state index in [-0.39, 0.29) is 29.5 Å². The highest BCUT2D eigenvalue weighted by Gasteiger charge is 2.18. The van der Waals surface area contributed by atoms with Gasteiger partial charge in [0.05, 0.1) is 31.5 Å². The Morgan fingerprint density at radius 3 is 1.74 bits per heavy atom. The molecule has 0 spiro atoms. The number of methoxy groups -OCH3 is 2. The van der Waals surface area contributed by atoms with Crippen molar-refractivity contribution >= 4 is 10.8 Å². The van der Waals surface area contributed by atoms with Gasteiger partial charge < -0.3 is 28.4 Å². The molecule has 5 rings (SSSR count). The molecule has 1 aliphatic rings. The maximum atomic E-state index is 13.3. The van der Waals surface area contributed by atoms with E-state index in [9.17, 15) is 9.59 Å². The van der Waals surface area contributed by atoms with E-state index in [4.69, 9.17) is 23.5 Å². The summed E-state index contributed by atoms with van der Waals surface area (Å²) in [5.74, 6) is 2.19. The van der Waals surface area contributed by atoms with Crippen molar-refractivity contribution in [3.8, 4) is 23.0 Å². The van der Waals surface area contributed by atoms with Gasteiger partial charge >= 0.3 is 5.63 Å². The van der Waals surface area contributed by atoms with Gasteiger partial charge in [0.2, 0.25) is 0 Å². The summed E-state index contributed by atoms with van der Waals surface area (Å²) in [7, 11) is 3.22. The molecule has 0 bridgehead atoms. The van der Waals surface area contributed by atoms with Crippen LogP contribution >= 0.6 is 0 Å². The largest absolute Gasteiger partial charge is 0.497 e. The molecule has 9 nitrogen and oxygen atoms in total. The standard InChI is InChI=1S/C30H32N2O7/c1-35-23-9-5-21(6-10-23)19-37-27-17-25-26(18-28(27)38-20-22-7-11-24(36-2)12-8-22)30(34)39-32(29(25)33)16-15-31-13-3-4-14-31/h5-12,17-18H,3-4,13-16,19-20H2,1-2H3. The highest BCUT2D eigenvalue weighted by atomic mass is 16.5. The molecule has 4 aromatic rings. The fourth-order valence-electron chi connectivity index (χ4n) is 4.61. The fraction of sp³-hybridized carbons (Fsp3) is 0.333. The second kappa shape index (κ2) is 12.1. The van der Waals surface area contributed by atoms with Gasteiger partial charge in [-0.25, -0.2) is 4.79 Å². The normalized spacial score (nSPS) is 13.5. The number of benzene rings is 3. The maximum absolute atomic E-state index is 13.3. The summed E-state index contributed by atoms with van der Waals surface area (Å²) >= 11 is 0. The molecule has 1 fully saturated rings. The predicted octanol–water partition coefficient (Wildman–Crippen LogP) is 4.23. The minimum atomic E-state index is -0.595. The zero-order valence-corrected chi connectivity index (χ0v) is 22.2. The number of hydrogen-bond acceptors (Lipinski definition) is 8. The van der Waals surface area contributed by atoms with Gasteiger partial charge in [0.25, 0.3) is 5.56 Å². The van der Waals surface area contributed by atoms with E-state index < -0.39 is 5.63 Å². The Kier molecular flexibility index (Phi) is 8.17. The Labute approximate surface area is 226 Å². The first kappa shape index (κ1) is 26.4. The lowest BCUT2D eigenvalue weighted by molar-refractivity contribution is 0.197. The third-order valence-corrected chi connectivity index (χ3v) is 6.88. The third-order valence-electron chi connectivity index (χ3n) is 6.88. The molecule has 0 radical (unpaired) electrons. The molecule has 0 amide bonds. The van der Waals surface area contributed by atoms with Gasteiger partial charge in [0.1, 0.15) is 24.7 Å². The molecule has 2 heterocycles. The first-order valence-corrected chi connectivity index (χ1v) is 13.0. The van der Waals surface area contributed by atoms with E-state index in [2.05, 4.69) is 4.90 Å². The van der Waals surface area contributed by atoms with Crippen molar-refractivity contribution in [3.63, 3.8) is 0 Å². The number of ether oxygens (including phenoxy) is 4. The Morgan fingerprint density at radius 2 is 1.23 bits per heavy atom. The van der Waals surface area contributed by atoms with Crippen LogP contribution in [0, 0.1) is 0 Å². The zero-order valence-electron chi connectivity index (χ0n) is 22.2. The summed E-state index contributed by atoms with van der Waals surface area (Å²) in [6, 6.07) is 18.1. The van der Waals surface area contributed by atoms with Crippen LogP contribution in [-0.2, 0) is 19.8 Å². The molecule has 0 aliphatic carbocycles. The van der Waals surface area contributed by atoms with Gasteiger partial charge in [0.15, 0.2) is 11.5 Å². The molecular formula is C30H32N2O7. The van der Waals surface area contributed by atoms with Gasteiger partial charge in [-0.3, -0.25) is 4.79 Å². The Hall–Kier alpha value is -4.24.